The maximum atomic E-state index is 12.1. The third-order valence-electron chi connectivity index (χ3n) is 3.86. The lowest BCUT2D eigenvalue weighted by molar-refractivity contribution is 0.0937. The molecule has 0 unspecified atom stereocenters. The first-order valence-corrected chi connectivity index (χ1v) is 6.97. The molecule has 1 aromatic rings. The van der Waals surface area contributed by atoms with Gasteiger partial charge in [0.15, 0.2) is 0 Å². The number of carbonyl (C=O) groups excluding carboxylic acids is 2. The van der Waals surface area contributed by atoms with Crippen molar-refractivity contribution in [1.29, 1.82) is 0 Å². The number of halogens is 1. The van der Waals surface area contributed by atoms with E-state index in [1.165, 1.54) is 12.5 Å². The summed E-state index contributed by atoms with van der Waals surface area (Å²) in [5.74, 6) is -0.759. The van der Waals surface area contributed by atoms with Crippen molar-refractivity contribution in [3.05, 3.63) is 35.4 Å². The van der Waals surface area contributed by atoms with Gasteiger partial charge in [0, 0.05) is 23.2 Å². The van der Waals surface area contributed by atoms with Gasteiger partial charge in [-0.2, -0.15) is 0 Å². The zero-order chi connectivity index (χ0) is 14.6. The second-order valence-electron chi connectivity index (χ2n) is 5.55. The van der Waals surface area contributed by atoms with Crippen LogP contribution in [0, 0.1) is 0 Å². The first-order chi connectivity index (χ1) is 9.50. The fourth-order valence-electron chi connectivity index (χ4n) is 2.60. The molecule has 0 radical (unpaired) electrons. The fraction of sp³-hybridized carbons (Fsp3) is 0.467. The van der Waals surface area contributed by atoms with Crippen LogP contribution >= 0.6 is 12.4 Å². The normalized spacial score (nSPS) is 16.6. The lowest BCUT2D eigenvalue weighted by Gasteiger charge is -2.33. The molecule has 2 amide bonds. The van der Waals surface area contributed by atoms with Crippen molar-refractivity contribution in [2.75, 3.05) is 6.54 Å². The highest BCUT2D eigenvalue weighted by molar-refractivity contribution is 5.99. The predicted molar refractivity (Wildman–Crippen MR) is 84.5 cm³/mol. The van der Waals surface area contributed by atoms with Crippen molar-refractivity contribution < 1.29 is 9.59 Å². The van der Waals surface area contributed by atoms with Gasteiger partial charge in [-0.05, 0) is 31.0 Å². The Kier molecular flexibility index (Phi) is 6.18. The lowest BCUT2D eigenvalue weighted by Crippen LogP contribution is -2.51. The summed E-state index contributed by atoms with van der Waals surface area (Å²) in [5, 5.41) is 2.86. The Morgan fingerprint density at radius 3 is 2.38 bits per heavy atom. The average molecular weight is 312 g/mol. The monoisotopic (exact) mass is 311 g/mol. The van der Waals surface area contributed by atoms with Gasteiger partial charge in [0.05, 0.1) is 0 Å². The molecule has 1 saturated carbocycles. The molecule has 1 aliphatic carbocycles. The van der Waals surface area contributed by atoms with Crippen LogP contribution in [0.2, 0.25) is 0 Å². The zero-order valence-electron chi connectivity index (χ0n) is 11.9. The molecule has 2 rings (SSSR count). The molecule has 0 aromatic heterocycles. The van der Waals surface area contributed by atoms with Crippen molar-refractivity contribution in [3.8, 4) is 0 Å². The average Bonchev–Trinajstić information content (AvgIpc) is 2.46. The van der Waals surface area contributed by atoms with Gasteiger partial charge < -0.3 is 16.8 Å². The quantitative estimate of drug-likeness (QED) is 0.787. The lowest BCUT2D eigenvalue weighted by atomic mass is 9.82. The van der Waals surface area contributed by atoms with Gasteiger partial charge in [0.1, 0.15) is 0 Å². The van der Waals surface area contributed by atoms with Gasteiger partial charge in [0.2, 0.25) is 5.91 Å². The minimum absolute atomic E-state index is 0. The second-order valence-corrected chi connectivity index (χ2v) is 5.55. The molecular formula is C15H22ClN3O2. The summed E-state index contributed by atoms with van der Waals surface area (Å²) in [5.41, 5.74) is 11.9. The molecule has 0 saturated heterocycles. The van der Waals surface area contributed by atoms with E-state index in [0.717, 1.165) is 25.7 Å². The fourth-order valence-corrected chi connectivity index (χ4v) is 2.60. The molecule has 0 spiro atoms. The van der Waals surface area contributed by atoms with Crippen molar-refractivity contribution >= 4 is 24.2 Å². The van der Waals surface area contributed by atoms with Crippen molar-refractivity contribution in [2.24, 2.45) is 11.5 Å². The molecule has 5 nitrogen and oxygen atoms in total. The molecule has 1 fully saturated rings. The summed E-state index contributed by atoms with van der Waals surface area (Å²) in [7, 11) is 0. The second kappa shape index (κ2) is 7.43. The molecule has 0 aliphatic heterocycles. The molecule has 1 aliphatic rings. The SMILES string of the molecule is Cl.NC(=O)c1cccc(C(=O)NCC2(N)CCCCC2)c1. The van der Waals surface area contributed by atoms with Gasteiger partial charge in [0.25, 0.3) is 5.91 Å². The first-order valence-electron chi connectivity index (χ1n) is 6.97. The van der Waals surface area contributed by atoms with Crippen LogP contribution in [0.5, 0.6) is 0 Å². The maximum Gasteiger partial charge on any atom is 0.251 e. The number of nitrogens with one attached hydrogen (secondary N) is 1. The predicted octanol–water partition coefficient (Wildman–Crippen LogP) is 1.60. The van der Waals surface area contributed by atoms with Crippen LogP contribution in [0.1, 0.15) is 52.8 Å². The van der Waals surface area contributed by atoms with Crippen LogP contribution in [0.25, 0.3) is 0 Å². The molecule has 5 N–H and O–H groups in total. The van der Waals surface area contributed by atoms with E-state index in [1.807, 2.05) is 0 Å². The molecule has 21 heavy (non-hydrogen) atoms. The van der Waals surface area contributed by atoms with Gasteiger partial charge in [-0.15, -0.1) is 12.4 Å². The molecule has 0 bridgehead atoms. The van der Waals surface area contributed by atoms with Crippen LogP contribution in [0.15, 0.2) is 24.3 Å². The number of rotatable bonds is 4. The van der Waals surface area contributed by atoms with Gasteiger partial charge in [-0.3, -0.25) is 9.59 Å². The molecule has 0 atom stereocenters. The summed E-state index contributed by atoms with van der Waals surface area (Å²) in [6, 6.07) is 6.39. The number of hydrogen-bond acceptors (Lipinski definition) is 3. The topological polar surface area (TPSA) is 98.2 Å². The Morgan fingerprint density at radius 1 is 1.14 bits per heavy atom. The molecule has 0 heterocycles. The smallest absolute Gasteiger partial charge is 0.251 e. The Bertz CT molecular complexity index is 513. The Hall–Kier alpha value is -1.59. The van der Waals surface area contributed by atoms with Crippen LogP contribution in [-0.4, -0.2) is 23.9 Å². The van der Waals surface area contributed by atoms with Crippen molar-refractivity contribution in [3.63, 3.8) is 0 Å². The van der Waals surface area contributed by atoms with Crippen molar-refractivity contribution in [1.82, 2.24) is 5.32 Å². The number of benzene rings is 1. The Morgan fingerprint density at radius 2 is 1.76 bits per heavy atom. The highest BCUT2D eigenvalue weighted by Gasteiger charge is 2.27. The minimum Gasteiger partial charge on any atom is -0.366 e. The van der Waals surface area contributed by atoms with Crippen LogP contribution < -0.4 is 16.8 Å². The number of primary amides is 1. The highest BCUT2D eigenvalue weighted by Crippen LogP contribution is 2.25. The maximum absolute atomic E-state index is 12.1. The van der Waals surface area contributed by atoms with Crippen LogP contribution in [0.4, 0.5) is 0 Å². The highest BCUT2D eigenvalue weighted by atomic mass is 35.5. The first kappa shape index (κ1) is 17.5. The van der Waals surface area contributed by atoms with Crippen LogP contribution in [-0.2, 0) is 0 Å². The third kappa shape index (κ3) is 4.72. The largest absolute Gasteiger partial charge is 0.366 e. The summed E-state index contributed by atoms with van der Waals surface area (Å²) in [6.07, 6.45) is 5.32. The molecular weight excluding hydrogens is 290 g/mol. The van der Waals surface area contributed by atoms with E-state index < -0.39 is 5.91 Å². The summed E-state index contributed by atoms with van der Waals surface area (Å²) in [6.45, 7) is 0.465. The van der Waals surface area contributed by atoms with E-state index >= 15 is 0 Å². The summed E-state index contributed by atoms with van der Waals surface area (Å²) in [4.78, 5) is 23.2. The minimum atomic E-state index is -0.540. The number of hydrogen-bond donors (Lipinski definition) is 3. The molecule has 116 valence electrons. The molecule has 1 aromatic carbocycles. The van der Waals surface area contributed by atoms with E-state index in [1.54, 1.807) is 18.2 Å². The Labute approximate surface area is 130 Å². The van der Waals surface area contributed by atoms with E-state index in [0.29, 0.717) is 17.7 Å². The van der Waals surface area contributed by atoms with Gasteiger partial charge in [-0.25, -0.2) is 0 Å². The van der Waals surface area contributed by atoms with E-state index in [4.69, 9.17) is 11.5 Å². The van der Waals surface area contributed by atoms with Crippen molar-refractivity contribution in [2.45, 2.75) is 37.6 Å². The van der Waals surface area contributed by atoms with Gasteiger partial charge >= 0.3 is 0 Å². The number of nitrogens with two attached hydrogens (primary N) is 2. The van der Waals surface area contributed by atoms with Crippen LogP contribution in [0.3, 0.4) is 0 Å². The van der Waals surface area contributed by atoms with Gasteiger partial charge in [-0.1, -0.05) is 25.3 Å². The summed E-state index contributed by atoms with van der Waals surface area (Å²) >= 11 is 0. The number of carbonyl (C=O) groups is 2. The molecule has 6 heteroatoms. The third-order valence-corrected chi connectivity index (χ3v) is 3.86. The summed E-state index contributed by atoms with van der Waals surface area (Å²) < 4.78 is 0. The van der Waals surface area contributed by atoms with E-state index in [9.17, 15) is 9.59 Å². The number of amides is 2. The van der Waals surface area contributed by atoms with E-state index in [2.05, 4.69) is 5.32 Å². The Balaban J connectivity index is 0.00000220. The zero-order valence-corrected chi connectivity index (χ0v) is 12.7. The standard InChI is InChI=1S/C15H21N3O2.ClH/c16-13(19)11-5-4-6-12(9-11)14(20)18-10-15(17)7-2-1-3-8-15;/h4-6,9H,1-3,7-8,10,17H2,(H2,16,19)(H,18,20);1H. The van der Waals surface area contributed by atoms with E-state index in [-0.39, 0.29) is 23.9 Å².